The Hall–Kier alpha value is -2.22. The number of nitrogens with one attached hydrogen (secondary N) is 1. The average Bonchev–Trinajstić information content (AvgIpc) is 2.47. The first-order valence-electron chi connectivity index (χ1n) is 6.37. The van der Waals surface area contributed by atoms with E-state index < -0.39 is 11.0 Å². The van der Waals surface area contributed by atoms with Gasteiger partial charge in [0.25, 0.3) is 0 Å². The lowest BCUT2D eigenvalue weighted by atomic mass is 10.1. The molecule has 0 radical (unpaired) electrons. The summed E-state index contributed by atoms with van der Waals surface area (Å²) >= 11 is 0. The Morgan fingerprint density at radius 2 is 2.50 bits per heavy atom. The van der Waals surface area contributed by atoms with E-state index in [2.05, 4.69) is 10.3 Å². The van der Waals surface area contributed by atoms with Crippen molar-refractivity contribution >= 4 is 17.3 Å². The molecule has 108 valence electrons. The number of hydrogen-bond donors (Lipinski definition) is 1. The number of anilines is 1. The minimum atomic E-state index is -0.565. The third-order valence-electron chi connectivity index (χ3n) is 3.09. The first kappa shape index (κ1) is 14.2. The first-order valence-corrected chi connectivity index (χ1v) is 6.37. The Morgan fingerprint density at radius 3 is 3.20 bits per heavy atom. The molecule has 2 rings (SSSR count). The largest absolute Gasteiger partial charge is 0.464 e. The number of ether oxygens (including phenoxy) is 1. The van der Waals surface area contributed by atoms with E-state index in [-0.39, 0.29) is 18.3 Å². The van der Waals surface area contributed by atoms with Crippen LogP contribution in [-0.4, -0.2) is 48.2 Å². The van der Waals surface area contributed by atoms with Gasteiger partial charge in [0.05, 0.1) is 11.5 Å². The highest BCUT2D eigenvalue weighted by Crippen LogP contribution is 2.28. The lowest BCUT2D eigenvalue weighted by Gasteiger charge is -2.35. The smallest absolute Gasteiger partial charge is 0.330 e. The van der Waals surface area contributed by atoms with Gasteiger partial charge in [-0.3, -0.25) is 15.1 Å². The fourth-order valence-corrected chi connectivity index (χ4v) is 2.20. The van der Waals surface area contributed by atoms with Crippen molar-refractivity contribution in [2.24, 2.45) is 0 Å². The molecule has 0 amide bonds. The van der Waals surface area contributed by atoms with Gasteiger partial charge in [0.15, 0.2) is 0 Å². The second kappa shape index (κ2) is 6.29. The highest BCUT2D eigenvalue weighted by atomic mass is 16.6. The van der Waals surface area contributed by atoms with Gasteiger partial charge in [0, 0.05) is 25.8 Å². The van der Waals surface area contributed by atoms with Gasteiger partial charge in [-0.15, -0.1) is 0 Å². The van der Waals surface area contributed by atoms with Crippen LogP contribution in [-0.2, 0) is 9.53 Å². The molecule has 8 heteroatoms. The third kappa shape index (κ3) is 2.85. The van der Waals surface area contributed by atoms with Gasteiger partial charge in [-0.05, 0) is 13.0 Å². The summed E-state index contributed by atoms with van der Waals surface area (Å²) in [6.07, 6.45) is 2.67. The maximum Gasteiger partial charge on any atom is 0.330 e. The molecule has 20 heavy (non-hydrogen) atoms. The molecule has 1 N–H and O–H groups in total. The quantitative estimate of drug-likeness (QED) is 0.482. The number of rotatable bonds is 4. The molecule has 0 spiro atoms. The summed E-state index contributed by atoms with van der Waals surface area (Å²) in [6, 6.07) is 0.986. The fraction of sp³-hybridized carbons (Fsp3) is 0.500. The zero-order chi connectivity index (χ0) is 14.5. The summed E-state index contributed by atoms with van der Waals surface area (Å²) < 4.78 is 5.03. The second-order valence-corrected chi connectivity index (χ2v) is 4.29. The van der Waals surface area contributed by atoms with Gasteiger partial charge in [-0.25, -0.2) is 4.79 Å². The van der Waals surface area contributed by atoms with E-state index in [0.29, 0.717) is 25.3 Å². The van der Waals surface area contributed by atoms with E-state index in [1.807, 2.05) is 0 Å². The number of pyridine rings is 1. The van der Waals surface area contributed by atoms with Crippen LogP contribution in [0.1, 0.15) is 6.92 Å². The number of esters is 1. The van der Waals surface area contributed by atoms with Crippen LogP contribution in [0.4, 0.5) is 11.4 Å². The predicted octanol–water partition coefficient (Wildman–Crippen LogP) is 0.331. The Balaban J connectivity index is 2.33. The molecule has 1 aliphatic heterocycles. The highest BCUT2D eigenvalue weighted by molar-refractivity contribution is 5.82. The first-order chi connectivity index (χ1) is 9.65. The molecule has 1 saturated heterocycles. The summed E-state index contributed by atoms with van der Waals surface area (Å²) in [4.78, 5) is 28.0. The van der Waals surface area contributed by atoms with Crippen molar-refractivity contribution in [2.45, 2.75) is 13.0 Å². The van der Waals surface area contributed by atoms with Gasteiger partial charge in [0.1, 0.15) is 17.9 Å². The van der Waals surface area contributed by atoms with Crippen LogP contribution >= 0.6 is 0 Å². The molecule has 2 heterocycles. The van der Waals surface area contributed by atoms with Crippen molar-refractivity contribution in [3.8, 4) is 0 Å². The number of nitro groups is 1. The molecule has 0 aromatic carbocycles. The standard InChI is InChI=1S/C12H16N4O4/c1-2-20-12(17)11-8-14-5-6-15(11)9-3-4-13-7-10(9)16(18)19/h3-4,7,11,14H,2,5-6,8H2,1H3. The minimum Gasteiger partial charge on any atom is -0.464 e. The zero-order valence-corrected chi connectivity index (χ0v) is 11.1. The number of aromatic nitrogens is 1. The van der Waals surface area contributed by atoms with Crippen LogP contribution in [0.3, 0.4) is 0 Å². The van der Waals surface area contributed by atoms with Crippen molar-refractivity contribution in [2.75, 3.05) is 31.1 Å². The van der Waals surface area contributed by atoms with E-state index in [4.69, 9.17) is 4.74 Å². The van der Waals surface area contributed by atoms with E-state index in [1.165, 1.54) is 12.4 Å². The van der Waals surface area contributed by atoms with Crippen LogP contribution in [0.2, 0.25) is 0 Å². The second-order valence-electron chi connectivity index (χ2n) is 4.29. The van der Waals surface area contributed by atoms with E-state index in [9.17, 15) is 14.9 Å². The molecule has 1 unspecified atom stereocenters. The minimum absolute atomic E-state index is 0.108. The lowest BCUT2D eigenvalue weighted by molar-refractivity contribution is -0.384. The molecule has 0 aliphatic carbocycles. The monoisotopic (exact) mass is 280 g/mol. The summed E-state index contributed by atoms with van der Waals surface area (Å²) in [5.74, 6) is -0.384. The van der Waals surface area contributed by atoms with Crippen molar-refractivity contribution in [1.82, 2.24) is 10.3 Å². The van der Waals surface area contributed by atoms with Crippen molar-refractivity contribution < 1.29 is 14.5 Å². The number of hydrogen-bond acceptors (Lipinski definition) is 7. The van der Waals surface area contributed by atoms with Gasteiger partial charge in [-0.1, -0.05) is 0 Å². The SMILES string of the molecule is CCOC(=O)C1CNCCN1c1ccncc1[N+](=O)[O-]. The topological polar surface area (TPSA) is 97.6 Å². The Kier molecular flexibility index (Phi) is 4.46. The van der Waals surface area contributed by atoms with Crippen molar-refractivity contribution in [3.05, 3.63) is 28.6 Å². The molecule has 0 saturated carbocycles. The van der Waals surface area contributed by atoms with Gasteiger partial charge >= 0.3 is 11.7 Å². The van der Waals surface area contributed by atoms with Crippen molar-refractivity contribution in [1.29, 1.82) is 0 Å². The number of carbonyl (C=O) groups is 1. The third-order valence-corrected chi connectivity index (χ3v) is 3.09. The Bertz CT molecular complexity index is 508. The van der Waals surface area contributed by atoms with E-state index in [0.717, 1.165) is 0 Å². The number of piperazine rings is 1. The van der Waals surface area contributed by atoms with Crippen LogP contribution in [0.5, 0.6) is 0 Å². The molecule has 0 bridgehead atoms. The molecule has 8 nitrogen and oxygen atoms in total. The van der Waals surface area contributed by atoms with E-state index in [1.54, 1.807) is 17.9 Å². The molecular weight excluding hydrogens is 264 g/mol. The summed E-state index contributed by atoms with van der Waals surface area (Å²) in [5.41, 5.74) is 0.285. The van der Waals surface area contributed by atoms with Crippen LogP contribution < -0.4 is 10.2 Å². The summed E-state index contributed by atoms with van der Waals surface area (Å²) in [5, 5.41) is 14.2. The normalized spacial score (nSPS) is 18.6. The molecule has 1 atom stereocenters. The van der Waals surface area contributed by atoms with Gasteiger partial charge in [0.2, 0.25) is 0 Å². The van der Waals surface area contributed by atoms with Crippen molar-refractivity contribution in [3.63, 3.8) is 0 Å². The fourth-order valence-electron chi connectivity index (χ4n) is 2.20. The van der Waals surface area contributed by atoms with Crippen LogP contribution in [0.15, 0.2) is 18.5 Å². The molecule has 1 aliphatic rings. The van der Waals surface area contributed by atoms with Crippen LogP contribution in [0, 0.1) is 10.1 Å². The summed E-state index contributed by atoms with van der Waals surface area (Å²) in [6.45, 7) is 3.55. The highest BCUT2D eigenvalue weighted by Gasteiger charge is 2.33. The average molecular weight is 280 g/mol. The number of carbonyl (C=O) groups excluding carboxylic acids is 1. The molecule has 1 fully saturated rings. The van der Waals surface area contributed by atoms with Gasteiger partial charge < -0.3 is 15.0 Å². The van der Waals surface area contributed by atoms with E-state index >= 15 is 0 Å². The lowest BCUT2D eigenvalue weighted by Crippen LogP contribution is -2.55. The Labute approximate surface area is 115 Å². The number of nitrogens with zero attached hydrogens (tertiary/aromatic N) is 3. The Morgan fingerprint density at radius 1 is 1.70 bits per heavy atom. The van der Waals surface area contributed by atoms with Gasteiger partial charge in [-0.2, -0.15) is 0 Å². The maximum atomic E-state index is 12.0. The molecule has 1 aromatic rings. The molecule has 1 aromatic heterocycles. The maximum absolute atomic E-state index is 12.0. The zero-order valence-electron chi connectivity index (χ0n) is 11.1. The van der Waals surface area contributed by atoms with Crippen LogP contribution in [0.25, 0.3) is 0 Å². The predicted molar refractivity (Wildman–Crippen MR) is 71.5 cm³/mol. The molecular formula is C12H16N4O4. The summed E-state index contributed by atoms with van der Waals surface area (Å²) in [7, 11) is 0.